The summed E-state index contributed by atoms with van der Waals surface area (Å²) >= 11 is 0. The Morgan fingerprint density at radius 2 is 0.976 bits per heavy atom. The van der Waals surface area contributed by atoms with E-state index in [9.17, 15) is 29.4 Å². The Kier molecular flexibility index (Phi) is 9.84. The minimum Gasteiger partial charge on any atom is -0.481 e. The number of ether oxygens (including phenoxy) is 2. The normalized spacial score (nSPS) is 11.0. The second kappa shape index (κ2) is 13.9. The van der Waals surface area contributed by atoms with Gasteiger partial charge in [0.2, 0.25) is 0 Å². The third kappa shape index (κ3) is 7.28. The summed E-state index contributed by atoms with van der Waals surface area (Å²) in [5.74, 6) is -3.35. The summed E-state index contributed by atoms with van der Waals surface area (Å²) in [6.07, 6.45) is -0.156. The Balaban J connectivity index is 1.57. The zero-order valence-electron chi connectivity index (χ0n) is 22.8. The molecule has 0 aliphatic carbocycles. The van der Waals surface area contributed by atoms with Gasteiger partial charge in [0.05, 0.1) is 11.1 Å². The summed E-state index contributed by atoms with van der Waals surface area (Å²) in [5.41, 5.74) is 1.25. The van der Waals surface area contributed by atoms with Crippen molar-refractivity contribution in [1.29, 1.82) is 0 Å². The summed E-state index contributed by atoms with van der Waals surface area (Å²) < 4.78 is 10.8. The van der Waals surface area contributed by atoms with Crippen LogP contribution in [0.25, 0.3) is 0 Å². The average molecular weight is 567 g/mol. The molecule has 0 amide bonds. The van der Waals surface area contributed by atoms with E-state index in [0.29, 0.717) is 11.1 Å². The lowest BCUT2D eigenvalue weighted by molar-refractivity contribution is -0.143. The molecule has 0 saturated heterocycles. The first-order valence-electron chi connectivity index (χ1n) is 13.4. The fraction of sp³-hybridized carbons (Fsp3) is 0.176. The van der Waals surface area contributed by atoms with Gasteiger partial charge in [-0.3, -0.25) is 9.59 Å². The molecule has 8 nitrogen and oxygen atoms in total. The maximum Gasteiger partial charge on any atom is 0.338 e. The summed E-state index contributed by atoms with van der Waals surface area (Å²) in [6.45, 7) is 0.186. The molecule has 8 heteroatoms. The van der Waals surface area contributed by atoms with Crippen molar-refractivity contribution in [2.45, 2.75) is 37.9 Å². The van der Waals surface area contributed by atoms with Crippen LogP contribution in [0, 0.1) is 0 Å². The number of carboxylic acids is 2. The SMILES string of the molecule is O=C(O)CCCC(C(=O)O)(c1ccc(C(=O)OCc2ccccc2)cc1)c1ccc(C(=O)OCc2ccccc2)cc1. The third-order valence-corrected chi connectivity index (χ3v) is 6.96. The number of hydrogen-bond acceptors (Lipinski definition) is 6. The van der Waals surface area contributed by atoms with E-state index in [0.717, 1.165) is 11.1 Å². The first-order chi connectivity index (χ1) is 20.3. The topological polar surface area (TPSA) is 127 Å². The van der Waals surface area contributed by atoms with E-state index >= 15 is 0 Å². The average Bonchev–Trinajstić information content (AvgIpc) is 3.02. The predicted octanol–water partition coefficient (Wildman–Crippen LogP) is 6.03. The summed E-state index contributed by atoms with van der Waals surface area (Å²) in [7, 11) is 0. The van der Waals surface area contributed by atoms with Crippen molar-refractivity contribution in [2.75, 3.05) is 0 Å². The fourth-order valence-electron chi connectivity index (χ4n) is 4.71. The number of carboxylic acid groups (broad SMARTS) is 2. The van der Waals surface area contributed by atoms with Gasteiger partial charge in [-0.05, 0) is 59.4 Å². The Morgan fingerprint density at radius 3 is 1.33 bits per heavy atom. The molecule has 0 radical (unpaired) electrons. The van der Waals surface area contributed by atoms with Crippen LogP contribution in [0.5, 0.6) is 0 Å². The number of aliphatic carboxylic acids is 2. The van der Waals surface area contributed by atoms with E-state index < -0.39 is 29.3 Å². The van der Waals surface area contributed by atoms with Crippen LogP contribution in [0.1, 0.15) is 62.2 Å². The number of benzene rings is 4. The van der Waals surface area contributed by atoms with E-state index in [1.807, 2.05) is 60.7 Å². The van der Waals surface area contributed by atoms with Crippen molar-refractivity contribution in [3.63, 3.8) is 0 Å². The lowest BCUT2D eigenvalue weighted by Crippen LogP contribution is -2.37. The maximum absolute atomic E-state index is 12.9. The number of carbonyl (C=O) groups is 4. The van der Waals surface area contributed by atoms with Gasteiger partial charge in [-0.15, -0.1) is 0 Å². The highest BCUT2D eigenvalue weighted by atomic mass is 16.5. The van der Waals surface area contributed by atoms with Crippen LogP contribution in [-0.4, -0.2) is 34.1 Å². The summed E-state index contributed by atoms with van der Waals surface area (Å²) in [4.78, 5) is 49.4. The van der Waals surface area contributed by atoms with E-state index in [1.54, 1.807) is 0 Å². The van der Waals surface area contributed by atoms with Crippen LogP contribution in [0.3, 0.4) is 0 Å². The highest BCUT2D eigenvalue weighted by molar-refractivity contribution is 5.92. The van der Waals surface area contributed by atoms with Crippen molar-refractivity contribution in [3.05, 3.63) is 143 Å². The Hall–Kier alpha value is -5.24. The van der Waals surface area contributed by atoms with Gasteiger partial charge >= 0.3 is 23.9 Å². The molecule has 4 aromatic rings. The largest absolute Gasteiger partial charge is 0.481 e. The van der Waals surface area contributed by atoms with Gasteiger partial charge in [0, 0.05) is 6.42 Å². The highest BCUT2D eigenvalue weighted by Gasteiger charge is 2.42. The van der Waals surface area contributed by atoms with Crippen LogP contribution in [0.4, 0.5) is 0 Å². The predicted molar refractivity (Wildman–Crippen MR) is 154 cm³/mol. The minimum absolute atomic E-state index is 0.0236. The van der Waals surface area contributed by atoms with Gasteiger partial charge in [0.15, 0.2) is 0 Å². The van der Waals surface area contributed by atoms with E-state index in [4.69, 9.17) is 9.47 Å². The molecule has 0 fully saturated rings. The van der Waals surface area contributed by atoms with E-state index in [2.05, 4.69) is 0 Å². The van der Waals surface area contributed by atoms with Crippen molar-refractivity contribution in [2.24, 2.45) is 0 Å². The number of esters is 2. The van der Waals surface area contributed by atoms with Crippen molar-refractivity contribution in [1.82, 2.24) is 0 Å². The molecule has 4 aromatic carbocycles. The van der Waals surface area contributed by atoms with Crippen LogP contribution in [-0.2, 0) is 37.7 Å². The molecule has 0 aliphatic heterocycles. The molecule has 214 valence electrons. The van der Waals surface area contributed by atoms with Crippen molar-refractivity contribution < 1.29 is 38.9 Å². The first-order valence-corrected chi connectivity index (χ1v) is 13.4. The molecule has 0 saturated carbocycles. The molecule has 0 heterocycles. The van der Waals surface area contributed by atoms with Gasteiger partial charge in [0.1, 0.15) is 18.6 Å². The number of hydrogen-bond donors (Lipinski definition) is 2. The minimum atomic E-state index is -1.63. The Bertz CT molecular complexity index is 1410. The first kappa shape index (κ1) is 29.7. The lowest BCUT2D eigenvalue weighted by atomic mass is 9.70. The van der Waals surface area contributed by atoms with Crippen molar-refractivity contribution >= 4 is 23.9 Å². The fourth-order valence-corrected chi connectivity index (χ4v) is 4.71. The molecule has 0 spiro atoms. The molecule has 0 unspecified atom stereocenters. The van der Waals surface area contributed by atoms with Gasteiger partial charge in [-0.2, -0.15) is 0 Å². The standard InChI is InChI=1S/C34H30O8/c35-30(36)12-7-21-34(33(39)40,28-17-13-26(14-18-28)31(37)41-22-24-8-3-1-4-9-24)29-19-15-27(16-20-29)32(38)42-23-25-10-5-2-6-11-25/h1-6,8-11,13-20H,7,12,21-23H2,(H,35,36)(H,39,40). The summed E-state index contributed by atoms with van der Waals surface area (Å²) in [6, 6.07) is 30.6. The molecule has 0 bridgehead atoms. The van der Waals surface area contributed by atoms with E-state index in [1.165, 1.54) is 48.5 Å². The summed E-state index contributed by atoms with van der Waals surface area (Å²) in [5, 5.41) is 19.7. The maximum atomic E-state index is 12.9. The molecule has 42 heavy (non-hydrogen) atoms. The van der Waals surface area contributed by atoms with Crippen LogP contribution in [0.15, 0.2) is 109 Å². The van der Waals surface area contributed by atoms with Gasteiger partial charge < -0.3 is 19.7 Å². The molecular weight excluding hydrogens is 536 g/mol. The van der Waals surface area contributed by atoms with Gasteiger partial charge in [-0.1, -0.05) is 84.9 Å². The quantitative estimate of drug-likeness (QED) is 0.188. The van der Waals surface area contributed by atoms with Crippen LogP contribution >= 0.6 is 0 Å². The smallest absolute Gasteiger partial charge is 0.338 e. The van der Waals surface area contributed by atoms with Crippen LogP contribution in [0.2, 0.25) is 0 Å². The molecule has 0 atom stereocenters. The molecular formula is C34H30O8. The van der Waals surface area contributed by atoms with Crippen LogP contribution < -0.4 is 0 Å². The van der Waals surface area contributed by atoms with Crippen molar-refractivity contribution in [3.8, 4) is 0 Å². The molecule has 2 N–H and O–H groups in total. The molecule has 4 rings (SSSR count). The third-order valence-electron chi connectivity index (χ3n) is 6.96. The molecule has 0 aliphatic rings. The number of carbonyl (C=O) groups excluding carboxylic acids is 2. The van der Waals surface area contributed by atoms with E-state index in [-0.39, 0.29) is 43.6 Å². The van der Waals surface area contributed by atoms with Gasteiger partial charge in [0.25, 0.3) is 0 Å². The zero-order chi connectivity index (χ0) is 30.0. The highest BCUT2D eigenvalue weighted by Crippen LogP contribution is 2.38. The zero-order valence-corrected chi connectivity index (χ0v) is 22.8. The molecule has 0 aromatic heterocycles. The Labute approximate surface area is 243 Å². The number of rotatable bonds is 13. The second-order valence-corrected chi connectivity index (χ2v) is 9.74. The Morgan fingerprint density at radius 1 is 0.571 bits per heavy atom. The second-order valence-electron chi connectivity index (χ2n) is 9.74. The lowest BCUT2D eigenvalue weighted by Gasteiger charge is -2.31. The monoisotopic (exact) mass is 566 g/mol. The van der Waals surface area contributed by atoms with Gasteiger partial charge in [-0.25, -0.2) is 9.59 Å².